The monoisotopic (exact) mass is 307 g/mol. The zero-order chi connectivity index (χ0) is 14.8. The maximum Gasteiger partial charge on any atom is 0.341 e. The average molecular weight is 307 g/mol. The molecule has 2 heterocycles. The van der Waals surface area contributed by atoms with Crippen molar-refractivity contribution in [1.82, 2.24) is 14.8 Å². The number of hydrogen-bond acceptors (Lipinski definition) is 6. The van der Waals surface area contributed by atoms with Crippen LogP contribution in [0.15, 0.2) is 21.9 Å². The number of rotatable bonds is 6. The Morgan fingerprint density at radius 2 is 2.33 bits per heavy atom. The third kappa shape index (κ3) is 2.83. The predicted octanol–water partition coefficient (Wildman–Crippen LogP) is 2.85. The predicted molar refractivity (Wildman–Crippen MR) is 77.3 cm³/mol. The van der Waals surface area contributed by atoms with Gasteiger partial charge in [-0.15, -0.1) is 10.2 Å². The Balaban J connectivity index is 1.73. The molecule has 1 saturated carbocycles. The Labute approximate surface area is 126 Å². The van der Waals surface area contributed by atoms with E-state index in [0.29, 0.717) is 23.0 Å². The minimum Gasteiger partial charge on any atom is -0.468 e. The summed E-state index contributed by atoms with van der Waals surface area (Å²) in [7, 11) is 1.36. The number of thioether (sulfide) groups is 1. The third-order valence-corrected chi connectivity index (χ3v) is 4.45. The molecule has 0 atom stereocenters. The Bertz CT molecular complexity index is 646. The van der Waals surface area contributed by atoms with E-state index in [-0.39, 0.29) is 5.97 Å². The van der Waals surface area contributed by atoms with Gasteiger partial charge in [-0.3, -0.25) is 0 Å². The highest BCUT2D eigenvalue weighted by Crippen LogP contribution is 2.40. The van der Waals surface area contributed by atoms with Gasteiger partial charge in [-0.25, -0.2) is 4.79 Å². The van der Waals surface area contributed by atoms with E-state index in [2.05, 4.69) is 21.7 Å². The number of carbonyl (C=O) groups is 1. The quantitative estimate of drug-likeness (QED) is 0.604. The fourth-order valence-corrected chi connectivity index (χ4v) is 3.18. The van der Waals surface area contributed by atoms with Crippen LogP contribution in [-0.2, 0) is 17.0 Å². The van der Waals surface area contributed by atoms with Crippen LogP contribution in [0.1, 0.15) is 47.6 Å². The van der Waals surface area contributed by atoms with Crippen LogP contribution in [0.25, 0.3) is 0 Å². The van der Waals surface area contributed by atoms with Gasteiger partial charge in [0, 0.05) is 12.5 Å². The third-order valence-electron chi connectivity index (χ3n) is 3.49. The molecule has 0 spiro atoms. The molecule has 0 N–H and O–H groups in total. The van der Waals surface area contributed by atoms with E-state index in [0.717, 1.165) is 17.5 Å². The smallest absolute Gasteiger partial charge is 0.341 e. The first-order valence-electron chi connectivity index (χ1n) is 6.95. The van der Waals surface area contributed by atoms with Crippen LogP contribution in [0.2, 0.25) is 0 Å². The van der Waals surface area contributed by atoms with Gasteiger partial charge in [-0.2, -0.15) is 0 Å². The molecule has 6 nitrogen and oxygen atoms in total. The molecule has 2 aromatic heterocycles. The Hall–Kier alpha value is -1.76. The molecule has 112 valence electrons. The van der Waals surface area contributed by atoms with E-state index in [4.69, 9.17) is 9.15 Å². The minimum atomic E-state index is -0.380. The molecule has 0 saturated heterocycles. The summed E-state index contributed by atoms with van der Waals surface area (Å²) in [6.07, 6.45) is 3.91. The molecular formula is C14H17N3O3S. The second kappa shape index (κ2) is 5.93. The first-order chi connectivity index (χ1) is 10.2. The van der Waals surface area contributed by atoms with Crippen LogP contribution >= 0.6 is 11.8 Å². The van der Waals surface area contributed by atoms with E-state index < -0.39 is 0 Å². The molecule has 21 heavy (non-hydrogen) atoms. The number of hydrogen-bond donors (Lipinski definition) is 0. The summed E-state index contributed by atoms with van der Waals surface area (Å²) in [5.74, 6) is 2.40. The fraction of sp³-hybridized carbons (Fsp3) is 0.500. The van der Waals surface area contributed by atoms with Crippen LogP contribution in [0.5, 0.6) is 0 Å². The topological polar surface area (TPSA) is 70.2 Å². The van der Waals surface area contributed by atoms with E-state index in [1.54, 1.807) is 6.07 Å². The summed E-state index contributed by atoms with van der Waals surface area (Å²) in [4.78, 5) is 11.6. The molecule has 1 aliphatic rings. The van der Waals surface area contributed by atoms with Crippen molar-refractivity contribution in [2.45, 2.75) is 43.1 Å². The van der Waals surface area contributed by atoms with Gasteiger partial charge in [0.15, 0.2) is 5.16 Å². The van der Waals surface area contributed by atoms with Crippen molar-refractivity contribution in [3.05, 3.63) is 29.5 Å². The van der Waals surface area contributed by atoms with Crippen LogP contribution in [0.3, 0.4) is 0 Å². The van der Waals surface area contributed by atoms with E-state index in [1.807, 2.05) is 0 Å². The van der Waals surface area contributed by atoms with Crippen molar-refractivity contribution in [2.75, 3.05) is 7.11 Å². The number of esters is 1. The van der Waals surface area contributed by atoms with Gasteiger partial charge in [0.25, 0.3) is 0 Å². The number of carbonyl (C=O) groups excluding carboxylic acids is 1. The second-order valence-electron chi connectivity index (χ2n) is 4.90. The van der Waals surface area contributed by atoms with Crippen molar-refractivity contribution >= 4 is 17.7 Å². The van der Waals surface area contributed by atoms with Gasteiger partial charge in [-0.1, -0.05) is 11.8 Å². The molecule has 3 rings (SSSR count). The lowest BCUT2D eigenvalue weighted by Gasteiger charge is -2.06. The summed E-state index contributed by atoms with van der Waals surface area (Å²) in [5.41, 5.74) is 0.468. The van der Waals surface area contributed by atoms with Crippen LogP contribution in [-0.4, -0.2) is 27.8 Å². The number of furan rings is 1. The lowest BCUT2D eigenvalue weighted by atomic mass is 10.3. The van der Waals surface area contributed by atoms with Crippen molar-refractivity contribution < 1.29 is 13.9 Å². The summed E-state index contributed by atoms with van der Waals surface area (Å²) in [6, 6.07) is 1.63. The Kier molecular flexibility index (Phi) is 4.01. The van der Waals surface area contributed by atoms with Gasteiger partial charge in [-0.05, 0) is 25.8 Å². The van der Waals surface area contributed by atoms with Gasteiger partial charge in [0.05, 0.1) is 19.1 Å². The Morgan fingerprint density at radius 1 is 1.52 bits per heavy atom. The largest absolute Gasteiger partial charge is 0.468 e. The molecule has 2 aromatic rings. The van der Waals surface area contributed by atoms with E-state index in [1.165, 1.54) is 38.0 Å². The first-order valence-corrected chi connectivity index (χ1v) is 7.93. The van der Waals surface area contributed by atoms with Crippen molar-refractivity contribution in [2.24, 2.45) is 0 Å². The van der Waals surface area contributed by atoms with Crippen LogP contribution in [0, 0.1) is 0 Å². The highest BCUT2D eigenvalue weighted by atomic mass is 32.2. The van der Waals surface area contributed by atoms with Crippen LogP contribution < -0.4 is 0 Å². The first kappa shape index (κ1) is 14.2. The minimum absolute atomic E-state index is 0.380. The molecule has 0 amide bonds. The van der Waals surface area contributed by atoms with Gasteiger partial charge in [0.1, 0.15) is 17.1 Å². The summed E-state index contributed by atoms with van der Waals surface area (Å²) < 4.78 is 12.2. The lowest BCUT2D eigenvalue weighted by Crippen LogP contribution is -2.04. The highest BCUT2D eigenvalue weighted by Gasteiger charge is 2.30. The highest BCUT2D eigenvalue weighted by molar-refractivity contribution is 7.98. The number of aromatic nitrogens is 3. The van der Waals surface area contributed by atoms with E-state index in [9.17, 15) is 4.79 Å². The molecular weight excluding hydrogens is 290 g/mol. The molecule has 0 bridgehead atoms. The zero-order valence-electron chi connectivity index (χ0n) is 12.0. The molecule has 1 aliphatic carbocycles. The summed E-state index contributed by atoms with van der Waals surface area (Å²) in [6.45, 7) is 2.94. The standard InChI is InChI=1S/C14H17N3O3S/c1-3-17-12(9-4-5-9)15-16-14(17)21-8-11-10(6-7-20-11)13(18)19-2/h6-7,9H,3-5,8H2,1-2H3. The van der Waals surface area contributed by atoms with Gasteiger partial charge < -0.3 is 13.7 Å². The van der Waals surface area contributed by atoms with Crippen molar-refractivity contribution in [3.63, 3.8) is 0 Å². The van der Waals surface area contributed by atoms with Crippen molar-refractivity contribution in [1.29, 1.82) is 0 Å². The molecule has 0 unspecified atom stereocenters. The molecule has 0 aromatic carbocycles. The summed E-state index contributed by atoms with van der Waals surface area (Å²) >= 11 is 1.53. The number of ether oxygens (including phenoxy) is 1. The SMILES string of the molecule is CCn1c(SCc2occc2C(=O)OC)nnc1C1CC1. The summed E-state index contributed by atoms with van der Waals surface area (Å²) in [5, 5.41) is 9.42. The molecule has 0 radical (unpaired) electrons. The lowest BCUT2D eigenvalue weighted by molar-refractivity contribution is 0.0598. The van der Waals surface area contributed by atoms with Crippen molar-refractivity contribution in [3.8, 4) is 0 Å². The fourth-order valence-electron chi connectivity index (χ4n) is 2.22. The van der Waals surface area contributed by atoms with Gasteiger partial charge in [0.2, 0.25) is 0 Å². The average Bonchev–Trinajstić information content (AvgIpc) is 3.10. The Morgan fingerprint density at radius 3 is 3.00 bits per heavy atom. The molecule has 1 fully saturated rings. The van der Waals surface area contributed by atoms with Gasteiger partial charge >= 0.3 is 5.97 Å². The maximum absolute atomic E-state index is 11.6. The normalized spacial score (nSPS) is 14.4. The zero-order valence-corrected chi connectivity index (χ0v) is 12.9. The second-order valence-corrected chi connectivity index (χ2v) is 5.84. The maximum atomic E-state index is 11.6. The number of methoxy groups -OCH3 is 1. The molecule has 7 heteroatoms. The van der Waals surface area contributed by atoms with Crippen LogP contribution in [0.4, 0.5) is 0 Å². The molecule has 0 aliphatic heterocycles. The number of nitrogens with zero attached hydrogens (tertiary/aromatic N) is 3. The van der Waals surface area contributed by atoms with E-state index >= 15 is 0 Å².